The Labute approximate surface area is 128 Å². The molecule has 2 fully saturated rings. The highest BCUT2D eigenvalue weighted by molar-refractivity contribution is 6.31. The summed E-state index contributed by atoms with van der Waals surface area (Å²) in [7, 11) is 0. The van der Waals surface area contributed by atoms with Gasteiger partial charge in [0, 0.05) is 32.3 Å². The highest BCUT2D eigenvalue weighted by atomic mass is 35.5. The Balaban J connectivity index is 1.61. The van der Waals surface area contributed by atoms with Gasteiger partial charge in [-0.25, -0.2) is 4.68 Å². The summed E-state index contributed by atoms with van der Waals surface area (Å²) in [4.78, 5) is 12.8. The van der Waals surface area contributed by atoms with Crippen LogP contribution in [0.3, 0.4) is 0 Å². The Kier molecular flexibility index (Phi) is 4.42. The zero-order chi connectivity index (χ0) is 14.8. The van der Waals surface area contributed by atoms with Gasteiger partial charge in [0.2, 0.25) is 5.15 Å². The molecule has 0 saturated carbocycles. The smallest absolute Gasteiger partial charge is 0.325 e. The van der Waals surface area contributed by atoms with Crippen LogP contribution >= 0.6 is 11.6 Å². The third-order valence-corrected chi connectivity index (χ3v) is 4.83. The summed E-state index contributed by atoms with van der Waals surface area (Å²) < 4.78 is 7.01. The number of hydrogen-bond acceptors (Lipinski definition) is 5. The van der Waals surface area contributed by atoms with Crippen molar-refractivity contribution in [3.8, 4) is 0 Å². The lowest BCUT2D eigenvalue weighted by molar-refractivity contribution is -0.384. The van der Waals surface area contributed by atoms with Crippen LogP contribution < -0.4 is 0 Å². The number of nitro groups is 1. The van der Waals surface area contributed by atoms with E-state index in [0.717, 1.165) is 52.0 Å². The van der Waals surface area contributed by atoms with Gasteiger partial charge in [-0.15, -0.1) is 0 Å². The lowest BCUT2D eigenvalue weighted by atomic mass is 10.00. The van der Waals surface area contributed by atoms with E-state index in [1.165, 1.54) is 6.20 Å². The van der Waals surface area contributed by atoms with Crippen molar-refractivity contribution in [3.05, 3.63) is 21.5 Å². The molecule has 0 spiro atoms. The molecule has 3 heterocycles. The first kappa shape index (κ1) is 14.7. The topological polar surface area (TPSA) is 73.4 Å². The average Bonchev–Trinajstić information content (AvgIpc) is 2.90. The van der Waals surface area contributed by atoms with Crippen molar-refractivity contribution < 1.29 is 9.66 Å². The fourth-order valence-corrected chi connectivity index (χ4v) is 3.56. The van der Waals surface area contributed by atoms with E-state index in [-0.39, 0.29) is 16.9 Å². The molecule has 8 heteroatoms. The second-order valence-corrected chi connectivity index (χ2v) is 5.99. The number of likely N-dealkylation sites (tertiary alicyclic amines) is 1. The van der Waals surface area contributed by atoms with Gasteiger partial charge >= 0.3 is 5.69 Å². The predicted molar refractivity (Wildman–Crippen MR) is 77.6 cm³/mol. The molecule has 3 rings (SSSR count). The molecule has 2 saturated heterocycles. The molecule has 1 aromatic heterocycles. The Bertz CT molecular complexity index is 508. The van der Waals surface area contributed by atoms with Gasteiger partial charge in [-0.05, 0) is 25.7 Å². The van der Waals surface area contributed by atoms with Gasteiger partial charge in [0.05, 0.1) is 11.0 Å². The summed E-state index contributed by atoms with van der Waals surface area (Å²) in [5.41, 5.74) is -0.108. The summed E-state index contributed by atoms with van der Waals surface area (Å²) >= 11 is 6.07. The van der Waals surface area contributed by atoms with E-state index >= 15 is 0 Å². The maximum Gasteiger partial charge on any atom is 0.325 e. The first-order chi connectivity index (χ1) is 10.2. The van der Waals surface area contributed by atoms with Crippen molar-refractivity contribution in [2.45, 2.75) is 37.8 Å². The summed E-state index contributed by atoms with van der Waals surface area (Å²) in [6, 6.07) is 0.768. The van der Waals surface area contributed by atoms with Gasteiger partial charge in [0.25, 0.3) is 0 Å². The highest BCUT2D eigenvalue weighted by Gasteiger charge is 2.30. The van der Waals surface area contributed by atoms with Crippen molar-refractivity contribution in [2.24, 2.45) is 0 Å². The molecule has 0 bridgehead atoms. The largest absolute Gasteiger partial charge is 0.381 e. The molecule has 0 N–H and O–H groups in total. The van der Waals surface area contributed by atoms with Crippen LogP contribution in [0.5, 0.6) is 0 Å². The van der Waals surface area contributed by atoms with Gasteiger partial charge < -0.3 is 9.64 Å². The number of nitrogens with zero attached hydrogens (tertiary/aromatic N) is 4. The molecule has 2 aliphatic heterocycles. The van der Waals surface area contributed by atoms with Crippen LogP contribution in [0.1, 0.15) is 31.7 Å². The maximum absolute atomic E-state index is 10.8. The summed E-state index contributed by atoms with van der Waals surface area (Å²) in [5, 5.41) is 15.1. The molecule has 0 unspecified atom stereocenters. The summed E-state index contributed by atoms with van der Waals surface area (Å²) in [6.07, 6.45) is 5.29. The minimum atomic E-state index is -0.483. The Morgan fingerprint density at radius 3 is 2.48 bits per heavy atom. The first-order valence-corrected chi connectivity index (χ1v) is 7.74. The minimum absolute atomic E-state index is 0.108. The normalized spacial score (nSPS) is 22.5. The van der Waals surface area contributed by atoms with Crippen molar-refractivity contribution in [1.29, 1.82) is 0 Å². The van der Waals surface area contributed by atoms with E-state index in [2.05, 4.69) is 10.00 Å². The van der Waals surface area contributed by atoms with Crippen molar-refractivity contribution in [1.82, 2.24) is 14.7 Å². The van der Waals surface area contributed by atoms with Gasteiger partial charge in [-0.2, -0.15) is 5.10 Å². The summed E-state index contributed by atoms with van der Waals surface area (Å²) in [6.45, 7) is 3.67. The SMILES string of the molecule is O=[N+]([O-])c1cnn(C2CCN(C3CCOCC3)CC2)c1Cl. The fraction of sp³-hybridized carbons (Fsp3) is 0.769. The standard InChI is InChI=1S/C13H19ClN4O3/c14-13-12(18(19)20)9-15-17(13)11-1-5-16(6-2-11)10-3-7-21-8-4-10/h9-11H,1-8H2. The van der Waals surface area contributed by atoms with Crippen LogP contribution in [0, 0.1) is 10.1 Å². The van der Waals surface area contributed by atoms with Crippen molar-refractivity contribution in [2.75, 3.05) is 26.3 Å². The molecule has 1 aromatic rings. The van der Waals surface area contributed by atoms with Crippen LogP contribution in [-0.2, 0) is 4.74 Å². The molecule has 2 aliphatic rings. The van der Waals surface area contributed by atoms with E-state index in [1.54, 1.807) is 4.68 Å². The quantitative estimate of drug-likeness (QED) is 0.632. The van der Waals surface area contributed by atoms with E-state index in [1.807, 2.05) is 0 Å². The summed E-state index contributed by atoms with van der Waals surface area (Å²) in [5.74, 6) is 0. The van der Waals surface area contributed by atoms with Gasteiger partial charge in [-0.3, -0.25) is 10.1 Å². The number of aromatic nitrogens is 2. The molecule has 0 aromatic carbocycles. The number of rotatable bonds is 3. The Hall–Kier alpha value is -1.18. The van der Waals surface area contributed by atoms with Crippen LogP contribution in [-0.4, -0.2) is 51.9 Å². The second-order valence-electron chi connectivity index (χ2n) is 5.63. The molecule has 7 nitrogen and oxygen atoms in total. The molecule has 116 valence electrons. The van der Waals surface area contributed by atoms with Gasteiger partial charge in [0.15, 0.2) is 0 Å². The lowest BCUT2D eigenvalue weighted by Crippen LogP contribution is -2.44. The number of piperidine rings is 1. The molecule has 0 radical (unpaired) electrons. The van der Waals surface area contributed by atoms with Gasteiger partial charge in [0.1, 0.15) is 6.20 Å². The molecular weight excluding hydrogens is 296 g/mol. The maximum atomic E-state index is 10.8. The van der Waals surface area contributed by atoms with Crippen molar-refractivity contribution in [3.63, 3.8) is 0 Å². The Morgan fingerprint density at radius 2 is 1.90 bits per heavy atom. The highest BCUT2D eigenvalue weighted by Crippen LogP contribution is 2.32. The third-order valence-electron chi connectivity index (χ3n) is 4.47. The van der Waals surface area contributed by atoms with Gasteiger partial charge in [-0.1, -0.05) is 11.6 Å². The third kappa shape index (κ3) is 3.04. The predicted octanol–water partition coefficient (Wildman–Crippen LogP) is 2.26. The van der Waals surface area contributed by atoms with Crippen LogP contribution in [0.25, 0.3) is 0 Å². The zero-order valence-electron chi connectivity index (χ0n) is 11.8. The average molecular weight is 315 g/mol. The van der Waals surface area contributed by atoms with Crippen LogP contribution in [0.4, 0.5) is 5.69 Å². The van der Waals surface area contributed by atoms with Crippen LogP contribution in [0.2, 0.25) is 5.15 Å². The van der Waals surface area contributed by atoms with E-state index in [9.17, 15) is 10.1 Å². The van der Waals surface area contributed by atoms with E-state index in [0.29, 0.717) is 6.04 Å². The molecule has 0 aliphatic carbocycles. The molecule has 0 amide bonds. The van der Waals surface area contributed by atoms with E-state index in [4.69, 9.17) is 16.3 Å². The van der Waals surface area contributed by atoms with Crippen molar-refractivity contribution >= 4 is 17.3 Å². The number of ether oxygens (including phenoxy) is 1. The number of hydrogen-bond donors (Lipinski definition) is 0. The second kappa shape index (κ2) is 6.29. The van der Waals surface area contributed by atoms with Crippen LogP contribution in [0.15, 0.2) is 6.20 Å². The Morgan fingerprint density at radius 1 is 1.24 bits per heavy atom. The number of halogens is 1. The molecular formula is C13H19ClN4O3. The lowest BCUT2D eigenvalue weighted by Gasteiger charge is -2.39. The molecule has 21 heavy (non-hydrogen) atoms. The first-order valence-electron chi connectivity index (χ1n) is 7.36. The van der Waals surface area contributed by atoms with E-state index < -0.39 is 4.92 Å². The molecule has 0 atom stereocenters. The monoisotopic (exact) mass is 314 g/mol. The fourth-order valence-electron chi connectivity index (χ4n) is 3.26. The minimum Gasteiger partial charge on any atom is -0.381 e. The zero-order valence-corrected chi connectivity index (χ0v) is 12.5.